The summed E-state index contributed by atoms with van der Waals surface area (Å²) < 4.78 is 21.6. The van der Waals surface area contributed by atoms with Crippen molar-refractivity contribution in [2.24, 2.45) is 0 Å². The average Bonchev–Trinajstić information content (AvgIpc) is 2.87. The highest BCUT2D eigenvalue weighted by Gasteiger charge is 2.13. The number of benzene rings is 3. The van der Waals surface area contributed by atoms with Gasteiger partial charge in [0.25, 0.3) is 0 Å². The van der Waals surface area contributed by atoms with Gasteiger partial charge in [-0.05, 0) is 47.5 Å². The van der Waals surface area contributed by atoms with Crippen molar-refractivity contribution in [3.8, 4) is 34.5 Å². The average molecular weight is 478 g/mol. The first-order valence-electron chi connectivity index (χ1n) is 10.6. The van der Waals surface area contributed by atoms with Crippen molar-refractivity contribution in [3.63, 3.8) is 0 Å². The molecule has 0 heterocycles. The standard InChI is InChI=1S/C27H27NO7/c1-32-22-7-5-6-19(11-8-18-15-23(33-2)27(35-4)24(16-18)34-3)26(22)28-25(31)13-10-17-9-12-20(29)21(30)14-17/h5-16,29-30H,1-4H3,(H,28,31)/b11-8+,13-10+. The van der Waals surface area contributed by atoms with Crippen molar-refractivity contribution in [2.45, 2.75) is 0 Å². The molecule has 0 radical (unpaired) electrons. The fourth-order valence-corrected chi connectivity index (χ4v) is 3.36. The summed E-state index contributed by atoms with van der Waals surface area (Å²) in [6, 6.07) is 13.3. The maximum Gasteiger partial charge on any atom is 0.248 e. The van der Waals surface area contributed by atoms with Crippen LogP contribution in [0.15, 0.2) is 54.6 Å². The predicted octanol–water partition coefficient (Wildman–Crippen LogP) is 4.95. The topological polar surface area (TPSA) is 106 Å². The minimum atomic E-state index is -0.399. The molecule has 0 unspecified atom stereocenters. The maximum absolute atomic E-state index is 12.6. The van der Waals surface area contributed by atoms with Gasteiger partial charge in [-0.2, -0.15) is 0 Å². The third-order valence-corrected chi connectivity index (χ3v) is 5.10. The van der Waals surface area contributed by atoms with Crippen LogP contribution in [-0.2, 0) is 4.79 Å². The molecule has 0 aliphatic carbocycles. The second-order valence-corrected chi connectivity index (χ2v) is 7.29. The quantitative estimate of drug-likeness (QED) is 0.227. The summed E-state index contributed by atoms with van der Waals surface area (Å²) in [6.07, 6.45) is 6.53. The molecule has 0 fully saturated rings. The molecule has 0 bridgehead atoms. The molecule has 8 heteroatoms. The number of ether oxygens (including phenoxy) is 4. The number of aromatic hydroxyl groups is 2. The highest BCUT2D eigenvalue weighted by molar-refractivity contribution is 6.04. The number of carbonyl (C=O) groups excluding carboxylic acids is 1. The van der Waals surface area contributed by atoms with Crippen LogP contribution in [0.2, 0.25) is 0 Å². The monoisotopic (exact) mass is 477 g/mol. The number of rotatable bonds is 9. The molecule has 3 aromatic carbocycles. The molecular weight excluding hydrogens is 450 g/mol. The maximum atomic E-state index is 12.6. The fourth-order valence-electron chi connectivity index (χ4n) is 3.36. The van der Waals surface area contributed by atoms with E-state index in [1.807, 2.05) is 36.4 Å². The Morgan fingerprint density at radius 3 is 2.03 bits per heavy atom. The smallest absolute Gasteiger partial charge is 0.248 e. The molecule has 0 spiro atoms. The first-order chi connectivity index (χ1) is 16.9. The molecule has 3 rings (SSSR count). The van der Waals surface area contributed by atoms with E-state index in [0.29, 0.717) is 39.8 Å². The number of phenols is 2. The molecule has 0 aromatic heterocycles. The first kappa shape index (κ1) is 25.0. The zero-order valence-corrected chi connectivity index (χ0v) is 19.9. The molecule has 0 atom stereocenters. The molecule has 35 heavy (non-hydrogen) atoms. The lowest BCUT2D eigenvalue weighted by atomic mass is 10.1. The Labute approximate surface area is 203 Å². The normalized spacial score (nSPS) is 11.0. The van der Waals surface area contributed by atoms with E-state index >= 15 is 0 Å². The summed E-state index contributed by atoms with van der Waals surface area (Å²) in [6.45, 7) is 0. The van der Waals surface area contributed by atoms with Crippen LogP contribution < -0.4 is 24.3 Å². The van der Waals surface area contributed by atoms with Crippen molar-refractivity contribution in [3.05, 3.63) is 71.3 Å². The summed E-state index contributed by atoms with van der Waals surface area (Å²) in [5.41, 5.74) is 2.55. The third kappa shape index (κ3) is 6.05. The molecule has 182 valence electrons. The number of phenolic OH excluding ortho intramolecular Hbond substituents is 2. The minimum Gasteiger partial charge on any atom is -0.504 e. The summed E-state index contributed by atoms with van der Waals surface area (Å²) in [5.74, 6) is 1.13. The van der Waals surface area contributed by atoms with E-state index in [2.05, 4.69) is 5.32 Å². The fraction of sp³-hybridized carbons (Fsp3) is 0.148. The van der Waals surface area contributed by atoms with E-state index in [9.17, 15) is 15.0 Å². The lowest BCUT2D eigenvalue weighted by molar-refractivity contribution is -0.111. The number of para-hydroxylation sites is 1. The molecule has 3 aromatic rings. The van der Waals surface area contributed by atoms with Crippen LogP contribution in [0.4, 0.5) is 5.69 Å². The minimum absolute atomic E-state index is 0.232. The van der Waals surface area contributed by atoms with Gasteiger partial charge in [0, 0.05) is 11.6 Å². The highest BCUT2D eigenvalue weighted by atomic mass is 16.5. The Morgan fingerprint density at radius 2 is 1.43 bits per heavy atom. The molecule has 0 aliphatic heterocycles. The zero-order chi connectivity index (χ0) is 25.4. The van der Waals surface area contributed by atoms with Crippen molar-refractivity contribution >= 4 is 29.8 Å². The van der Waals surface area contributed by atoms with Crippen LogP contribution >= 0.6 is 0 Å². The number of hydrogen-bond acceptors (Lipinski definition) is 7. The van der Waals surface area contributed by atoms with Gasteiger partial charge >= 0.3 is 0 Å². The summed E-state index contributed by atoms with van der Waals surface area (Å²) in [4.78, 5) is 12.6. The first-order valence-corrected chi connectivity index (χ1v) is 10.6. The Balaban J connectivity index is 1.88. The van der Waals surface area contributed by atoms with Crippen molar-refractivity contribution in [1.29, 1.82) is 0 Å². The molecular formula is C27H27NO7. The van der Waals surface area contributed by atoms with Crippen molar-refractivity contribution in [2.75, 3.05) is 33.8 Å². The van der Waals surface area contributed by atoms with Gasteiger partial charge in [-0.25, -0.2) is 0 Å². The second kappa shape index (κ2) is 11.5. The third-order valence-electron chi connectivity index (χ3n) is 5.10. The van der Waals surface area contributed by atoms with E-state index in [1.54, 1.807) is 33.5 Å². The number of hydrogen-bond donors (Lipinski definition) is 3. The van der Waals surface area contributed by atoms with Gasteiger partial charge in [-0.1, -0.05) is 30.4 Å². The van der Waals surface area contributed by atoms with Gasteiger partial charge in [0.15, 0.2) is 23.0 Å². The van der Waals surface area contributed by atoms with E-state index in [-0.39, 0.29) is 11.5 Å². The van der Waals surface area contributed by atoms with Crippen molar-refractivity contribution in [1.82, 2.24) is 0 Å². The highest BCUT2D eigenvalue weighted by Crippen LogP contribution is 2.39. The summed E-state index contributed by atoms with van der Waals surface area (Å²) in [7, 11) is 6.16. The van der Waals surface area contributed by atoms with Crippen LogP contribution in [0.5, 0.6) is 34.5 Å². The Morgan fingerprint density at radius 1 is 0.743 bits per heavy atom. The summed E-state index contributed by atoms with van der Waals surface area (Å²) >= 11 is 0. The van der Waals surface area contributed by atoms with Crippen LogP contribution in [0.3, 0.4) is 0 Å². The van der Waals surface area contributed by atoms with Crippen molar-refractivity contribution < 1.29 is 34.0 Å². The van der Waals surface area contributed by atoms with E-state index in [1.165, 1.54) is 31.4 Å². The Bertz CT molecular complexity index is 1240. The van der Waals surface area contributed by atoms with Gasteiger partial charge in [0.05, 0.1) is 34.1 Å². The predicted molar refractivity (Wildman–Crippen MR) is 135 cm³/mol. The van der Waals surface area contributed by atoms with Gasteiger partial charge in [-0.3, -0.25) is 4.79 Å². The van der Waals surface area contributed by atoms with Crippen LogP contribution in [-0.4, -0.2) is 44.6 Å². The summed E-state index contributed by atoms with van der Waals surface area (Å²) in [5, 5.41) is 21.9. The molecule has 0 aliphatic rings. The lowest BCUT2D eigenvalue weighted by Gasteiger charge is -2.13. The molecule has 0 saturated heterocycles. The largest absolute Gasteiger partial charge is 0.504 e. The number of methoxy groups -OCH3 is 4. The van der Waals surface area contributed by atoms with Gasteiger partial charge < -0.3 is 34.5 Å². The Kier molecular flexibility index (Phi) is 8.24. The Hall–Kier alpha value is -4.59. The van der Waals surface area contributed by atoms with Gasteiger partial charge in [-0.15, -0.1) is 0 Å². The number of carbonyl (C=O) groups is 1. The van der Waals surface area contributed by atoms with Crippen LogP contribution in [0.25, 0.3) is 18.2 Å². The van der Waals surface area contributed by atoms with Gasteiger partial charge in [0.2, 0.25) is 11.7 Å². The van der Waals surface area contributed by atoms with Crippen LogP contribution in [0.1, 0.15) is 16.7 Å². The molecule has 8 nitrogen and oxygen atoms in total. The number of anilines is 1. The molecule has 3 N–H and O–H groups in total. The molecule has 1 amide bonds. The SMILES string of the molecule is COc1cccc(/C=C/c2cc(OC)c(OC)c(OC)c2)c1NC(=O)/C=C/c1ccc(O)c(O)c1. The van der Waals surface area contributed by atoms with Crippen LogP contribution in [0, 0.1) is 0 Å². The molecule has 0 saturated carbocycles. The number of nitrogens with one attached hydrogen (secondary N) is 1. The number of amides is 1. The van der Waals surface area contributed by atoms with E-state index < -0.39 is 5.91 Å². The second-order valence-electron chi connectivity index (χ2n) is 7.29. The zero-order valence-electron chi connectivity index (χ0n) is 19.9. The van der Waals surface area contributed by atoms with Gasteiger partial charge in [0.1, 0.15) is 5.75 Å². The van der Waals surface area contributed by atoms with E-state index in [4.69, 9.17) is 18.9 Å². The van der Waals surface area contributed by atoms with E-state index in [0.717, 1.165) is 5.56 Å². The lowest BCUT2D eigenvalue weighted by Crippen LogP contribution is -2.10.